The molecule has 0 fully saturated rings. The third kappa shape index (κ3) is 8.01. The number of benzene rings is 4. The molecule has 0 saturated heterocycles. The van der Waals surface area contributed by atoms with Gasteiger partial charge < -0.3 is 10.2 Å². The summed E-state index contributed by atoms with van der Waals surface area (Å²) >= 11 is 0. The van der Waals surface area contributed by atoms with E-state index in [2.05, 4.69) is 97.1 Å². The Balaban J connectivity index is 0.000000285. The molecule has 43 heavy (non-hydrogen) atoms. The van der Waals surface area contributed by atoms with Crippen molar-refractivity contribution in [2.45, 2.75) is 54.4 Å². The molecule has 2 N–H and O–H groups in total. The van der Waals surface area contributed by atoms with E-state index in [4.69, 9.17) is 10.2 Å². The van der Waals surface area contributed by atoms with Gasteiger partial charge in [0.15, 0.2) is 0 Å². The Labute approximate surface area is 269 Å². The smallest absolute Gasteiger partial charge is 0.481 e. The topological polar surface area (TPSA) is 74.6 Å². The fourth-order valence-corrected chi connectivity index (χ4v) is 4.79. The van der Waals surface area contributed by atoms with Gasteiger partial charge in [-0.2, -0.15) is 0 Å². The normalized spacial score (nSPS) is 11.4. The van der Waals surface area contributed by atoms with Gasteiger partial charge in [-0.15, -0.1) is 78.5 Å². The molecule has 0 saturated carbocycles. The second kappa shape index (κ2) is 13.7. The van der Waals surface area contributed by atoms with Crippen molar-refractivity contribution in [1.82, 2.24) is 0 Å². The molecule has 0 aliphatic carbocycles. The molecule has 4 nitrogen and oxygen atoms in total. The van der Waals surface area contributed by atoms with Crippen molar-refractivity contribution in [3.05, 3.63) is 108 Å². The fraction of sp³-hybridized carbons (Fsp3) is 0.263. The van der Waals surface area contributed by atoms with E-state index in [1.807, 2.05) is 0 Å². The van der Waals surface area contributed by atoms with Crippen LogP contribution in [0.5, 0.6) is 0 Å². The molecule has 220 valence electrons. The van der Waals surface area contributed by atoms with Crippen LogP contribution in [0.4, 0.5) is 0 Å². The first-order valence-corrected chi connectivity index (χ1v) is 14.4. The molecule has 0 heterocycles. The van der Waals surface area contributed by atoms with Crippen LogP contribution in [0.15, 0.2) is 97.1 Å². The summed E-state index contributed by atoms with van der Waals surface area (Å²) in [6.45, 7) is 9.97. The van der Waals surface area contributed by atoms with Crippen LogP contribution in [-0.2, 0) is 44.1 Å². The number of carbonyl (C=O) groups is 2. The predicted molar refractivity (Wildman–Crippen MR) is 176 cm³/mol. The van der Waals surface area contributed by atoms with Crippen molar-refractivity contribution >= 4 is 55.0 Å². The Morgan fingerprint density at radius 1 is 0.535 bits per heavy atom. The number of carboxylic acids is 2. The van der Waals surface area contributed by atoms with Crippen LogP contribution < -0.4 is 0 Å². The summed E-state index contributed by atoms with van der Waals surface area (Å²) in [5, 5.41) is 27.5. The molecule has 0 unspecified atom stereocenters. The van der Waals surface area contributed by atoms with Crippen molar-refractivity contribution < 1.29 is 41.5 Å². The zero-order chi connectivity index (χ0) is 30.7. The average molecular weight is 609 g/mol. The second-order valence-corrected chi connectivity index (χ2v) is 12.8. The van der Waals surface area contributed by atoms with E-state index in [1.165, 1.54) is 54.2 Å². The minimum absolute atomic E-state index is 0. The van der Waals surface area contributed by atoms with E-state index in [1.54, 1.807) is 41.5 Å². The van der Waals surface area contributed by atoms with E-state index in [-0.39, 0.29) is 21.7 Å². The Morgan fingerprint density at radius 3 is 1.16 bits per heavy atom. The second-order valence-electron chi connectivity index (χ2n) is 12.8. The molecule has 6 aromatic rings. The largest absolute Gasteiger partial charge is 2.00 e. The van der Waals surface area contributed by atoms with Crippen molar-refractivity contribution in [2.24, 2.45) is 10.8 Å². The van der Waals surface area contributed by atoms with Gasteiger partial charge in [0.05, 0.1) is 10.8 Å². The van der Waals surface area contributed by atoms with Crippen LogP contribution in [0, 0.1) is 10.8 Å². The predicted octanol–water partition coefficient (Wildman–Crippen LogP) is 9.75. The van der Waals surface area contributed by atoms with Gasteiger partial charge in [0.25, 0.3) is 0 Å². The number of fused-ring (bicyclic) bond motifs is 6. The first-order valence-electron chi connectivity index (χ1n) is 14.4. The Morgan fingerprint density at radius 2 is 0.837 bits per heavy atom. The number of hydrogen-bond donors (Lipinski definition) is 2. The number of rotatable bonds is 3. The van der Waals surface area contributed by atoms with Gasteiger partial charge in [0.2, 0.25) is 0 Å². The number of carboxylic acid groups (broad SMARTS) is 2. The van der Waals surface area contributed by atoms with Crippen LogP contribution in [-0.4, -0.2) is 22.2 Å². The molecule has 0 aromatic heterocycles. The summed E-state index contributed by atoms with van der Waals surface area (Å²) < 4.78 is 0. The zero-order valence-electron chi connectivity index (χ0n) is 25.9. The minimum atomic E-state index is -0.757. The van der Waals surface area contributed by atoms with E-state index in [9.17, 15) is 9.59 Å². The molecule has 5 heteroatoms. The van der Waals surface area contributed by atoms with E-state index in [0.717, 1.165) is 12.8 Å². The SMILES string of the molecule is CC(C)(C)C(=O)O.CC(C)(C)C(=O)O.[Ti+2].c1ccc2c(c1)[cH-]c1c(CCc3cccc4c3[cH-]c3ccccc34)cccc12. The molecule has 0 amide bonds. The van der Waals surface area contributed by atoms with Crippen molar-refractivity contribution in [1.29, 1.82) is 0 Å². The van der Waals surface area contributed by atoms with Gasteiger partial charge in [-0.25, -0.2) is 0 Å². The van der Waals surface area contributed by atoms with Gasteiger partial charge in [-0.3, -0.25) is 9.59 Å². The summed E-state index contributed by atoms with van der Waals surface area (Å²) in [6.07, 6.45) is 2.13. The van der Waals surface area contributed by atoms with Crippen LogP contribution in [0.25, 0.3) is 43.1 Å². The van der Waals surface area contributed by atoms with Crippen LogP contribution in [0.1, 0.15) is 52.7 Å². The summed E-state index contributed by atoms with van der Waals surface area (Å²) in [6, 6.07) is 35.7. The average Bonchev–Trinajstić information content (AvgIpc) is 3.51. The quantitative estimate of drug-likeness (QED) is 0.155. The Kier molecular flexibility index (Phi) is 10.8. The van der Waals surface area contributed by atoms with E-state index in [0.29, 0.717) is 0 Å². The van der Waals surface area contributed by atoms with E-state index >= 15 is 0 Å². The van der Waals surface area contributed by atoms with Gasteiger partial charge in [-0.1, -0.05) is 85.6 Å². The van der Waals surface area contributed by atoms with Crippen molar-refractivity contribution in [2.75, 3.05) is 0 Å². The maximum atomic E-state index is 10.0. The first kappa shape index (κ1) is 33.8. The standard InChI is InChI=1S/C28H20.2C5H10O2.Ti/c1-3-11-23-21(7-1)17-27-19(9-5-13-25(23)27)15-16-20-10-6-14-26-24-12-4-2-8-22(24)18-28(20)26;2*1-5(2,3)4(6)7;/h1-14,17-18H,15-16H2;2*1-3H3,(H,6,7);/q-2;;;+2. The molecule has 0 aliphatic rings. The fourth-order valence-electron chi connectivity index (χ4n) is 4.79. The molecule has 6 rings (SSSR count). The van der Waals surface area contributed by atoms with Gasteiger partial charge in [-0.05, 0) is 41.5 Å². The summed E-state index contributed by atoms with van der Waals surface area (Å²) in [5.74, 6) is -1.51. The van der Waals surface area contributed by atoms with Crippen molar-refractivity contribution in [3.63, 3.8) is 0 Å². The molecule has 6 aromatic carbocycles. The summed E-state index contributed by atoms with van der Waals surface area (Å²) in [4.78, 5) is 20.0. The third-order valence-corrected chi connectivity index (χ3v) is 7.44. The van der Waals surface area contributed by atoms with Crippen LogP contribution in [0.2, 0.25) is 0 Å². The zero-order valence-corrected chi connectivity index (χ0v) is 27.4. The number of hydrogen-bond acceptors (Lipinski definition) is 2. The minimum Gasteiger partial charge on any atom is -0.481 e. The third-order valence-electron chi connectivity index (χ3n) is 7.44. The van der Waals surface area contributed by atoms with Crippen LogP contribution >= 0.6 is 0 Å². The Bertz CT molecular complexity index is 1720. The monoisotopic (exact) mass is 608 g/mol. The molecule has 0 atom stereocenters. The van der Waals surface area contributed by atoms with Gasteiger partial charge >= 0.3 is 33.7 Å². The Hall–Kier alpha value is -3.73. The number of aliphatic carboxylic acids is 2. The summed E-state index contributed by atoms with van der Waals surface area (Å²) in [7, 11) is 0. The number of aryl methyl sites for hydroxylation is 2. The maximum Gasteiger partial charge on any atom is 2.00 e. The first-order chi connectivity index (χ1) is 19.8. The molecular weight excluding hydrogens is 568 g/mol. The van der Waals surface area contributed by atoms with Crippen molar-refractivity contribution in [3.8, 4) is 0 Å². The molecule has 0 radical (unpaired) electrons. The maximum absolute atomic E-state index is 10.0. The molecule has 0 bridgehead atoms. The molecule has 0 spiro atoms. The van der Waals surface area contributed by atoms with Gasteiger partial charge in [0.1, 0.15) is 0 Å². The summed E-state index contributed by atoms with van der Waals surface area (Å²) in [5.41, 5.74) is 1.73. The molecule has 0 aliphatic heterocycles. The van der Waals surface area contributed by atoms with E-state index < -0.39 is 22.8 Å². The molecular formula is C38H40O4Ti. The van der Waals surface area contributed by atoms with Crippen LogP contribution in [0.3, 0.4) is 0 Å². The van der Waals surface area contributed by atoms with Gasteiger partial charge in [0, 0.05) is 0 Å².